The number of benzene rings is 9. The van der Waals surface area contributed by atoms with Crippen LogP contribution in [0.3, 0.4) is 0 Å². The number of thiophene rings is 1. The van der Waals surface area contributed by atoms with Crippen LogP contribution in [0.25, 0.3) is 131 Å². The van der Waals surface area contributed by atoms with Gasteiger partial charge in [0.25, 0.3) is 0 Å². The Balaban J connectivity index is 1.03. The predicted octanol–water partition coefficient (Wildman–Crippen LogP) is 16.4. The molecule has 0 N–H and O–H groups in total. The van der Waals surface area contributed by atoms with Gasteiger partial charge >= 0.3 is 0 Å². The first-order valence-electron chi connectivity index (χ1n) is 21.5. The van der Waals surface area contributed by atoms with E-state index in [9.17, 15) is 0 Å². The van der Waals surface area contributed by atoms with Gasteiger partial charge in [-0.3, -0.25) is 0 Å². The summed E-state index contributed by atoms with van der Waals surface area (Å²) in [5.74, 6) is 0.675. The Morgan fingerprint density at radius 2 is 0.953 bits per heavy atom. The molecule has 0 spiro atoms. The van der Waals surface area contributed by atoms with Crippen molar-refractivity contribution in [1.82, 2.24) is 15.0 Å². The van der Waals surface area contributed by atoms with Crippen LogP contribution in [0.1, 0.15) is 0 Å². The van der Waals surface area contributed by atoms with E-state index in [0.717, 1.165) is 99.6 Å². The molecule has 298 valence electrons. The van der Waals surface area contributed by atoms with Crippen LogP contribution in [0, 0.1) is 0 Å². The summed E-state index contributed by atoms with van der Waals surface area (Å²) in [6.45, 7) is 0. The number of nitrogens with zero attached hydrogens (tertiary/aromatic N) is 3. The van der Waals surface area contributed by atoms with E-state index in [-0.39, 0.29) is 0 Å². The van der Waals surface area contributed by atoms with E-state index in [2.05, 4.69) is 182 Å². The molecule has 0 amide bonds. The van der Waals surface area contributed by atoms with Crippen LogP contribution in [0.5, 0.6) is 0 Å². The molecule has 9 aromatic carbocycles. The normalized spacial score (nSPS) is 11.8. The topological polar surface area (TPSA) is 51.8 Å². The van der Waals surface area contributed by atoms with Crippen molar-refractivity contribution in [3.05, 3.63) is 212 Å². The highest BCUT2D eigenvalue weighted by atomic mass is 32.1. The van der Waals surface area contributed by atoms with Crippen molar-refractivity contribution in [2.45, 2.75) is 0 Å². The second-order valence-corrected chi connectivity index (χ2v) is 17.4. The number of rotatable bonds is 6. The monoisotopic (exact) mass is 833 g/mol. The molecule has 4 nitrogen and oxygen atoms in total. The number of aromatic nitrogens is 3. The van der Waals surface area contributed by atoms with Gasteiger partial charge in [0.2, 0.25) is 0 Å². The molecule has 0 aliphatic carbocycles. The fourth-order valence-electron chi connectivity index (χ4n) is 9.41. The third-order valence-electron chi connectivity index (χ3n) is 12.5. The average Bonchev–Trinajstić information content (AvgIpc) is 3.95. The lowest BCUT2D eigenvalue weighted by Crippen LogP contribution is -1.96. The largest absolute Gasteiger partial charge is 0.455 e. The second-order valence-electron chi connectivity index (χ2n) is 16.3. The van der Waals surface area contributed by atoms with E-state index in [1.807, 2.05) is 41.7 Å². The highest BCUT2D eigenvalue weighted by Crippen LogP contribution is 2.47. The summed E-state index contributed by atoms with van der Waals surface area (Å²) in [5, 5.41) is 7.99. The third kappa shape index (κ3) is 6.01. The Morgan fingerprint density at radius 1 is 0.344 bits per heavy atom. The van der Waals surface area contributed by atoms with Gasteiger partial charge in [0, 0.05) is 74.9 Å². The van der Waals surface area contributed by atoms with E-state index in [4.69, 9.17) is 19.4 Å². The van der Waals surface area contributed by atoms with Crippen LogP contribution >= 0.6 is 11.3 Å². The molecule has 4 aromatic heterocycles. The van der Waals surface area contributed by atoms with Gasteiger partial charge in [-0.2, -0.15) is 0 Å². The smallest absolute Gasteiger partial charge is 0.160 e. The van der Waals surface area contributed by atoms with Gasteiger partial charge in [0.05, 0.1) is 22.6 Å². The van der Waals surface area contributed by atoms with Crippen molar-refractivity contribution in [2.75, 3.05) is 0 Å². The van der Waals surface area contributed by atoms with Crippen molar-refractivity contribution in [1.29, 1.82) is 0 Å². The van der Waals surface area contributed by atoms with Gasteiger partial charge in [-0.05, 0) is 65.2 Å². The van der Waals surface area contributed by atoms with Crippen molar-refractivity contribution < 1.29 is 4.42 Å². The molecule has 0 unspecified atom stereocenters. The fourth-order valence-corrected chi connectivity index (χ4v) is 10.5. The molecule has 0 radical (unpaired) electrons. The molecule has 0 bridgehead atoms. The summed E-state index contributed by atoms with van der Waals surface area (Å²) in [4.78, 5) is 15.8. The van der Waals surface area contributed by atoms with Gasteiger partial charge in [0.1, 0.15) is 11.2 Å². The summed E-state index contributed by atoms with van der Waals surface area (Å²) in [5.41, 5.74) is 13.7. The van der Waals surface area contributed by atoms with Crippen LogP contribution in [0.4, 0.5) is 0 Å². The van der Waals surface area contributed by atoms with Gasteiger partial charge < -0.3 is 4.42 Å². The van der Waals surface area contributed by atoms with Gasteiger partial charge in [-0.25, -0.2) is 15.0 Å². The standard InChI is InChI=1S/C59H35N3OS/c1-3-14-36(15-4-1)37-26-28-38(29-27-37)50-35-51(62-59(61-50)39-16-5-2-6-17-39)41-19-13-18-40(32-41)46-34-48-55(56-45-22-8-11-24-52(45)63-58(46)56)44-21-7-10-23-49(44)60-57(48)42-30-31-54-47(33-42)43-20-9-12-25-53(43)64-54/h1-35H. The maximum atomic E-state index is 6.93. The lowest BCUT2D eigenvalue weighted by molar-refractivity contribution is 0.670. The molecule has 0 atom stereocenters. The molecule has 0 aliphatic heterocycles. The molecule has 64 heavy (non-hydrogen) atoms. The maximum Gasteiger partial charge on any atom is 0.160 e. The van der Waals surface area contributed by atoms with Crippen molar-refractivity contribution in [2.24, 2.45) is 0 Å². The van der Waals surface area contributed by atoms with Gasteiger partial charge in [-0.1, -0.05) is 164 Å². The summed E-state index contributed by atoms with van der Waals surface area (Å²) in [7, 11) is 0. The maximum absolute atomic E-state index is 6.93. The molecule has 4 heterocycles. The predicted molar refractivity (Wildman–Crippen MR) is 268 cm³/mol. The number of hydrogen-bond donors (Lipinski definition) is 0. The Morgan fingerprint density at radius 3 is 1.78 bits per heavy atom. The Labute approximate surface area is 372 Å². The van der Waals surface area contributed by atoms with E-state index < -0.39 is 0 Å². The SMILES string of the molecule is c1ccc(-c2ccc(-c3cc(-c4cccc(-c5cc6c(-c7ccc8sc9ccccc9c8c7)nc7ccccc7c6c6c5oc5ccccc56)c4)nc(-c4ccccc4)n3)cc2)cc1. The lowest BCUT2D eigenvalue weighted by atomic mass is 9.91. The molecule has 0 fully saturated rings. The zero-order valence-electron chi connectivity index (χ0n) is 34.4. The first kappa shape index (κ1) is 36.4. The molecular weight excluding hydrogens is 799 g/mol. The van der Waals surface area contributed by atoms with E-state index in [1.54, 1.807) is 0 Å². The van der Waals surface area contributed by atoms with Crippen LogP contribution in [-0.4, -0.2) is 15.0 Å². The number of para-hydroxylation sites is 2. The van der Waals surface area contributed by atoms with E-state index in [1.165, 1.54) is 25.7 Å². The molecule has 0 saturated heterocycles. The quantitative estimate of drug-likeness (QED) is 0.157. The number of hydrogen-bond acceptors (Lipinski definition) is 5. The minimum Gasteiger partial charge on any atom is -0.455 e. The number of fused-ring (bicyclic) bond motifs is 10. The zero-order chi connectivity index (χ0) is 42.1. The molecule has 13 rings (SSSR count). The Bertz CT molecular complexity index is 3950. The first-order chi connectivity index (χ1) is 31.7. The lowest BCUT2D eigenvalue weighted by Gasteiger charge is -2.15. The van der Waals surface area contributed by atoms with Crippen LogP contribution < -0.4 is 0 Å². The Hall–Kier alpha value is -8.25. The summed E-state index contributed by atoms with van der Waals surface area (Å²) >= 11 is 1.83. The van der Waals surface area contributed by atoms with E-state index >= 15 is 0 Å². The number of pyridine rings is 1. The summed E-state index contributed by atoms with van der Waals surface area (Å²) < 4.78 is 9.48. The van der Waals surface area contributed by atoms with Crippen molar-refractivity contribution >= 4 is 75.1 Å². The van der Waals surface area contributed by atoms with Crippen molar-refractivity contribution in [3.8, 4) is 67.4 Å². The molecule has 0 saturated carbocycles. The zero-order valence-corrected chi connectivity index (χ0v) is 35.2. The molecule has 13 aromatic rings. The van der Waals surface area contributed by atoms with Gasteiger partial charge in [0.15, 0.2) is 5.82 Å². The first-order valence-corrected chi connectivity index (χ1v) is 22.3. The Kier molecular flexibility index (Phi) is 8.36. The third-order valence-corrected chi connectivity index (χ3v) is 13.6. The molecular formula is C59H35N3OS. The number of furan rings is 1. The average molecular weight is 834 g/mol. The highest BCUT2D eigenvalue weighted by molar-refractivity contribution is 7.25. The van der Waals surface area contributed by atoms with Gasteiger partial charge in [-0.15, -0.1) is 11.3 Å². The second kappa shape index (κ2) is 14.7. The summed E-state index contributed by atoms with van der Waals surface area (Å²) in [6.07, 6.45) is 0. The molecule has 5 heteroatoms. The minimum absolute atomic E-state index is 0.675. The van der Waals surface area contributed by atoms with Crippen LogP contribution in [-0.2, 0) is 0 Å². The molecule has 0 aliphatic rings. The van der Waals surface area contributed by atoms with E-state index in [0.29, 0.717) is 5.82 Å². The van der Waals surface area contributed by atoms with Crippen molar-refractivity contribution in [3.63, 3.8) is 0 Å². The summed E-state index contributed by atoms with van der Waals surface area (Å²) in [6, 6.07) is 74.8. The minimum atomic E-state index is 0.675. The fraction of sp³-hybridized carbons (Fsp3) is 0. The van der Waals surface area contributed by atoms with Crippen LogP contribution in [0.2, 0.25) is 0 Å². The van der Waals surface area contributed by atoms with Crippen LogP contribution in [0.15, 0.2) is 217 Å². The highest BCUT2D eigenvalue weighted by Gasteiger charge is 2.22.